The van der Waals surface area contributed by atoms with Crippen LogP contribution in [0.5, 0.6) is 0 Å². The number of rotatable bonds is 0. The van der Waals surface area contributed by atoms with Crippen LogP contribution in [0.2, 0.25) is 0 Å². The van der Waals surface area contributed by atoms with E-state index < -0.39 is 10.9 Å². The van der Waals surface area contributed by atoms with E-state index in [-0.39, 0.29) is 32.4 Å². The van der Waals surface area contributed by atoms with Crippen molar-refractivity contribution in [2.24, 2.45) is 0 Å². The van der Waals surface area contributed by atoms with Crippen molar-refractivity contribution >= 4 is 21.5 Å². The molecule has 0 aliphatic heterocycles. The Kier molecular flexibility index (Phi) is 2.01. The maximum atomic E-state index is 11.8. The first kappa shape index (κ1) is 10.5. The van der Waals surface area contributed by atoms with Crippen molar-refractivity contribution < 1.29 is 0 Å². The van der Waals surface area contributed by atoms with Crippen molar-refractivity contribution in [3.8, 4) is 0 Å². The van der Waals surface area contributed by atoms with Gasteiger partial charge in [0.05, 0.1) is 0 Å². The Labute approximate surface area is 99.4 Å². The molecule has 0 heterocycles. The zero-order valence-corrected chi connectivity index (χ0v) is 9.10. The summed E-state index contributed by atoms with van der Waals surface area (Å²) < 4.78 is 0. The Morgan fingerprint density at radius 3 is 1.17 bits per heavy atom. The smallest absolute Gasteiger partial charge is 0.187 e. The van der Waals surface area contributed by atoms with Crippen molar-refractivity contribution in [1.29, 1.82) is 0 Å². The number of hydrogen-bond acceptors (Lipinski definition) is 4. The molecule has 86 valence electrons. The van der Waals surface area contributed by atoms with Crippen LogP contribution in [0.1, 0.15) is 0 Å². The van der Waals surface area contributed by atoms with Gasteiger partial charge in [-0.25, -0.2) is 0 Å². The molecule has 4 heteroatoms. The summed E-state index contributed by atoms with van der Waals surface area (Å²) in [6.07, 6.45) is 0. The molecule has 18 heavy (non-hydrogen) atoms. The molecular weight excluding hydrogens is 232 g/mol. The zero-order valence-electron chi connectivity index (χ0n) is 9.10. The van der Waals surface area contributed by atoms with Crippen molar-refractivity contribution in [2.45, 2.75) is 0 Å². The summed E-state index contributed by atoms with van der Waals surface area (Å²) in [4.78, 5) is 47.0. The molecule has 0 spiro atoms. The Hall–Kier alpha value is -2.62. The van der Waals surface area contributed by atoms with Crippen LogP contribution in [0.15, 0.2) is 55.6 Å². The van der Waals surface area contributed by atoms with Gasteiger partial charge in [-0.05, 0) is 36.4 Å². The van der Waals surface area contributed by atoms with Gasteiger partial charge in [-0.15, -0.1) is 0 Å². The molecule has 4 nitrogen and oxygen atoms in total. The summed E-state index contributed by atoms with van der Waals surface area (Å²) in [5, 5.41) is 0.445. The summed E-state index contributed by atoms with van der Waals surface area (Å²) in [6, 6.07) is 7.43. The van der Waals surface area contributed by atoms with Gasteiger partial charge >= 0.3 is 0 Å². The summed E-state index contributed by atoms with van der Waals surface area (Å²) in [6.45, 7) is 0. The molecule has 0 saturated heterocycles. The van der Waals surface area contributed by atoms with E-state index in [1.165, 1.54) is 24.3 Å². The summed E-state index contributed by atoms with van der Waals surface area (Å²) in [5.74, 6) is 0. The molecule has 0 fully saturated rings. The van der Waals surface area contributed by atoms with Crippen LogP contribution >= 0.6 is 0 Å². The highest BCUT2D eigenvalue weighted by Gasteiger charge is 2.11. The third-order valence-corrected chi connectivity index (χ3v) is 3.00. The Morgan fingerprint density at radius 1 is 0.444 bits per heavy atom. The summed E-state index contributed by atoms with van der Waals surface area (Å²) in [5.41, 5.74) is -1.50. The van der Waals surface area contributed by atoms with E-state index in [4.69, 9.17) is 0 Å². The van der Waals surface area contributed by atoms with Crippen molar-refractivity contribution in [2.75, 3.05) is 0 Å². The van der Waals surface area contributed by atoms with E-state index in [9.17, 15) is 19.2 Å². The lowest BCUT2D eigenvalue weighted by molar-refractivity contribution is 1.57. The normalized spacial score (nSPS) is 11.1. The van der Waals surface area contributed by atoms with Gasteiger partial charge < -0.3 is 0 Å². The highest BCUT2D eigenvalue weighted by atomic mass is 16.1. The molecule has 0 bridgehead atoms. The number of fused-ring (bicyclic) bond motifs is 3. The van der Waals surface area contributed by atoms with Crippen LogP contribution in [-0.4, -0.2) is 0 Å². The predicted molar refractivity (Wildman–Crippen MR) is 68.9 cm³/mol. The van der Waals surface area contributed by atoms with Gasteiger partial charge in [0.25, 0.3) is 0 Å². The van der Waals surface area contributed by atoms with E-state index in [0.717, 1.165) is 12.1 Å². The topological polar surface area (TPSA) is 68.3 Å². The highest BCUT2D eigenvalue weighted by Crippen LogP contribution is 2.14. The molecular formula is C14H6O4. The zero-order chi connectivity index (χ0) is 12.9. The van der Waals surface area contributed by atoms with Gasteiger partial charge in [0.1, 0.15) is 0 Å². The van der Waals surface area contributed by atoms with Gasteiger partial charge in [-0.2, -0.15) is 0 Å². The van der Waals surface area contributed by atoms with Gasteiger partial charge in [-0.3, -0.25) is 19.2 Å². The lowest BCUT2D eigenvalue weighted by Crippen LogP contribution is -2.15. The van der Waals surface area contributed by atoms with Crippen molar-refractivity contribution in [3.05, 3.63) is 77.3 Å². The highest BCUT2D eigenvalue weighted by molar-refractivity contribution is 6.06. The number of hydrogen-bond donors (Lipinski definition) is 0. The molecule has 0 N–H and O–H groups in total. The Balaban J connectivity index is 2.89. The standard InChI is InChI=1S/C14H6O4/c15-9-3-5-11(17)13-7(9)1-2-8-10(16)4-6-12(18)14(8)13/h1-6H. The van der Waals surface area contributed by atoms with E-state index in [2.05, 4.69) is 0 Å². The molecule has 0 aromatic heterocycles. The second-order valence-electron chi connectivity index (χ2n) is 4.03. The van der Waals surface area contributed by atoms with Crippen LogP contribution in [0.4, 0.5) is 0 Å². The average molecular weight is 238 g/mol. The average Bonchev–Trinajstić information content (AvgIpc) is 2.37. The third-order valence-electron chi connectivity index (χ3n) is 3.00. The molecule has 0 radical (unpaired) electrons. The summed E-state index contributed by atoms with van der Waals surface area (Å²) >= 11 is 0. The van der Waals surface area contributed by atoms with E-state index in [1.807, 2.05) is 0 Å². The molecule has 3 rings (SSSR count). The molecule has 0 saturated carbocycles. The minimum atomic E-state index is -0.419. The second kappa shape index (κ2) is 3.43. The lowest BCUT2D eigenvalue weighted by atomic mass is 10.0. The second-order valence-corrected chi connectivity index (χ2v) is 4.03. The fraction of sp³-hybridized carbons (Fsp3) is 0. The van der Waals surface area contributed by atoms with E-state index in [1.54, 1.807) is 0 Å². The van der Waals surface area contributed by atoms with Crippen LogP contribution in [0.3, 0.4) is 0 Å². The first-order valence-corrected chi connectivity index (χ1v) is 5.30. The summed E-state index contributed by atoms with van der Waals surface area (Å²) in [7, 11) is 0. The molecule has 0 aliphatic rings. The monoisotopic (exact) mass is 238 g/mol. The molecule has 0 amide bonds. The van der Waals surface area contributed by atoms with Crippen molar-refractivity contribution in [3.63, 3.8) is 0 Å². The predicted octanol–water partition coefficient (Wildman–Crippen LogP) is 0.309. The Morgan fingerprint density at radius 2 is 0.778 bits per heavy atom. The molecule has 0 aliphatic carbocycles. The van der Waals surface area contributed by atoms with Crippen LogP contribution in [0.25, 0.3) is 21.5 Å². The molecule has 0 unspecified atom stereocenters. The van der Waals surface area contributed by atoms with E-state index >= 15 is 0 Å². The fourth-order valence-corrected chi connectivity index (χ4v) is 2.17. The minimum absolute atomic E-state index is 0.0442. The largest absolute Gasteiger partial charge is 0.289 e. The van der Waals surface area contributed by atoms with Gasteiger partial charge in [-0.1, -0.05) is 0 Å². The van der Waals surface area contributed by atoms with Gasteiger partial charge in [0, 0.05) is 21.5 Å². The van der Waals surface area contributed by atoms with Crippen molar-refractivity contribution in [1.82, 2.24) is 0 Å². The quantitative estimate of drug-likeness (QED) is 0.528. The van der Waals surface area contributed by atoms with Crippen LogP contribution in [0, 0.1) is 0 Å². The minimum Gasteiger partial charge on any atom is -0.289 e. The first-order chi connectivity index (χ1) is 8.59. The van der Waals surface area contributed by atoms with Gasteiger partial charge in [0.15, 0.2) is 21.7 Å². The van der Waals surface area contributed by atoms with Crippen LogP contribution < -0.4 is 21.7 Å². The maximum Gasteiger partial charge on any atom is 0.187 e. The number of benzene rings is 3. The lowest BCUT2D eigenvalue weighted by Gasteiger charge is -1.99. The molecule has 3 aromatic carbocycles. The Bertz CT molecular complexity index is 910. The fourth-order valence-electron chi connectivity index (χ4n) is 2.17. The molecule has 3 aromatic rings. The SMILES string of the molecule is O=c1ccc(=O)c2c1ccc1c(=O)ccc(=O)c12. The maximum absolute atomic E-state index is 11.8. The third kappa shape index (κ3) is 1.26. The molecule has 0 atom stereocenters. The van der Waals surface area contributed by atoms with E-state index in [0.29, 0.717) is 0 Å². The first-order valence-electron chi connectivity index (χ1n) is 5.30. The van der Waals surface area contributed by atoms with Gasteiger partial charge in [0.2, 0.25) is 0 Å². The van der Waals surface area contributed by atoms with Crippen LogP contribution in [-0.2, 0) is 0 Å².